The predicted molar refractivity (Wildman–Crippen MR) is 55.2 cm³/mol. The zero-order chi connectivity index (χ0) is 9.19. The molecule has 72 valence electrons. The van der Waals surface area contributed by atoms with Crippen molar-refractivity contribution in [3.05, 3.63) is 0 Å². The van der Waals surface area contributed by atoms with Gasteiger partial charge in [0, 0.05) is 0 Å². The minimum atomic E-state index is 0.693. The van der Waals surface area contributed by atoms with Crippen LogP contribution in [0.2, 0.25) is 0 Å². The fourth-order valence-electron chi connectivity index (χ4n) is 2.43. The monoisotopic (exact) mass is 168 g/mol. The Morgan fingerprint density at radius 2 is 1.92 bits per heavy atom. The molecule has 0 aliphatic heterocycles. The molecular formula is C12H24. The standard InChI is InChI=1S/C12H24/c1-5-6-7-11-8-12(4,9-11)10(2)3/h10-11H,5-9H2,1-4H3. The summed E-state index contributed by atoms with van der Waals surface area (Å²) in [5.74, 6) is 1.95. The van der Waals surface area contributed by atoms with Gasteiger partial charge < -0.3 is 0 Å². The van der Waals surface area contributed by atoms with E-state index in [4.69, 9.17) is 0 Å². The normalized spacial score (nSPS) is 35.2. The zero-order valence-corrected chi connectivity index (χ0v) is 9.19. The van der Waals surface area contributed by atoms with Gasteiger partial charge in [0.15, 0.2) is 0 Å². The highest BCUT2D eigenvalue weighted by Crippen LogP contribution is 2.51. The minimum absolute atomic E-state index is 0.693. The number of hydrogen-bond donors (Lipinski definition) is 0. The highest BCUT2D eigenvalue weighted by molar-refractivity contribution is 4.91. The molecule has 0 bridgehead atoms. The van der Waals surface area contributed by atoms with Gasteiger partial charge in [-0.05, 0) is 30.1 Å². The van der Waals surface area contributed by atoms with Crippen molar-refractivity contribution in [1.29, 1.82) is 0 Å². The molecule has 0 aromatic rings. The van der Waals surface area contributed by atoms with Gasteiger partial charge in [0.05, 0.1) is 0 Å². The van der Waals surface area contributed by atoms with Crippen molar-refractivity contribution in [1.82, 2.24) is 0 Å². The molecule has 0 saturated heterocycles. The molecule has 1 aliphatic carbocycles. The lowest BCUT2D eigenvalue weighted by atomic mass is 9.57. The van der Waals surface area contributed by atoms with E-state index in [0.717, 1.165) is 11.8 Å². The van der Waals surface area contributed by atoms with Crippen LogP contribution in [0.5, 0.6) is 0 Å². The topological polar surface area (TPSA) is 0 Å². The Balaban J connectivity index is 2.18. The molecule has 1 fully saturated rings. The van der Waals surface area contributed by atoms with Crippen LogP contribution in [-0.4, -0.2) is 0 Å². The lowest BCUT2D eigenvalue weighted by Gasteiger charge is -2.48. The molecule has 0 nitrogen and oxygen atoms in total. The van der Waals surface area contributed by atoms with E-state index < -0.39 is 0 Å². The summed E-state index contributed by atoms with van der Waals surface area (Å²) in [6, 6.07) is 0. The third-order valence-corrected chi connectivity index (χ3v) is 3.87. The van der Waals surface area contributed by atoms with Crippen LogP contribution in [0.15, 0.2) is 0 Å². The van der Waals surface area contributed by atoms with Gasteiger partial charge in [-0.25, -0.2) is 0 Å². The van der Waals surface area contributed by atoms with Gasteiger partial charge in [-0.2, -0.15) is 0 Å². The second-order valence-corrected chi connectivity index (χ2v) is 5.23. The molecule has 0 unspecified atom stereocenters. The summed E-state index contributed by atoms with van der Waals surface area (Å²) in [4.78, 5) is 0. The molecule has 0 heterocycles. The second-order valence-electron chi connectivity index (χ2n) is 5.23. The maximum atomic E-state index is 2.46. The van der Waals surface area contributed by atoms with Gasteiger partial charge in [-0.15, -0.1) is 0 Å². The van der Waals surface area contributed by atoms with E-state index in [9.17, 15) is 0 Å². The van der Waals surface area contributed by atoms with Gasteiger partial charge in [-0.3, -0.25) is 0 Å². The Bertz CT molecular complexity index is 129. The van der Waals surface area contributed by atoms with Crippen molar-refractivity contribution in [3.8, 4) is 0 Å². The van der Waals surface area contributed by atoms with E-state index >= 15 is 0 Å². The first-order chi connectivity index (χ1) is 5.58. The fourth-order valence-corrected chi connectivity index (χ4v) is 2.43. The van der Waals surface area contributed by atoms with Crippen LogP contribution in [0.1, 0.15) is 59.8 Å². The molecule has 1 aliphatic rings. The smallest absolute Gasteiger partial charge is 0.0298 e. The van der Waals surface area contributed by atoms with Crippen LogP contribution in [0.3, 0.4) is 0 Å². The molecule has 0 radical (unpaired) electrons. The van der Waals surface area contributed by atoms with E-state index in [-0.39, 0.29) is 0 Å². The quantitative estimate of drug-likeness (QED) is 0.588. The largest absolute Gasteiger partial charge is 0.0654 e. The number of rotatable bonds is 4. The summed E-state index contributed by atoms with van der Waals surface area (Å²) in [6.45, 7) is 9.49. The lowest BCUT2D eigenvalue weighted by molar-refractivity contribution is 0.0199. The minimum Gasteiger partial charge on any atom is -0.0654 e. The number of unbranched alkanes of at least 4 members (excludes halogenated alkanes) is 1. The van der Waals surface area contributed by atoms with E-state index in [0.29, 0.717) is 5.41 Å². The molecule has 0 amide bonds. The van der Waals surface area contributed by atoms with Crippen LogP contribution in [0.25, 0.3) is 0 Å². The molecule has 0 N–H and O–H groups in total. The fraction of sp³-hybridized carbons (Fsp3) is 1.00. The third kappa shape index (κ3) is 2.02. The summed E-state index contributed by atoms with van der Waals surface area (Å²) in [6.07, 6.45) is 7.28. The van der Waals surface area contributed by atoms with Crippen molar-refractivity contribution >= 4 is 0 Å². The summed E-state index contributed by atoms with van der Waals surface area (Å²) in [5, 5.41) is 0. The Hall–Kier alpha value is 0. The molecule has 0 atom stereocenters. The van der Waals surface area contributed by atoms with Crippen molar-refractivity contribution in [2.24, 2.45) is 17.3 Å². The van der Waals surface area contributed by atoms with Crippen molar-refractivity contribution in [2.45, 2.75) is 59.8 Å². The van der Waals surface area contributed by atoms with E-state index in [1.165, 1.54) is 32.1 Å². The maximum absolute atomic E-state index is 2.46. The van der Waals surface area contributed by atoms with E-state index in [1.54, 1.807) is 0 Å². The van der Waals surface area contributed by atoms with Gasteiger partial charge in [-0.1, -0.05) is 47.0 Å². The molecule has 0 aromatic carbocycles. The molecule has 0 aromatic heterocycles. The first-order valence-corrected chi connectivity index (χ1v) is 5.58. The SMILES string of the molecule is CCCCC1CC(C)(C(C)C)C1. The van der Waals surface area contributed by atoms with Gasteiger partial charge in [0.2, 0.25) is 0 Å². The summed E-state index contributed by atoms with van der Waals surface area (Å²) < 4.78 is 0. The summed E-state index contributed by atoms with van der Waals surface area (Å²) in [5.41, 5.74) is 0.693. The maximum Gasteiger partial charge on any atom is -0.0298 e. The first kappa shape index (κ1) is 10.1. The van der Waals surface area contributed by atoms with Gasteiger partial charge >= 0.3 is 0 Å². The predicted octanol–water partition coefficient (Wildman–Crippen LogP) is 4.25. The highest BCUT2D eigenvalue weighted by atomic mass is 14.5. The van der Waals surface area contributed by atoms with E-state index in [2.05, 4.69) is 27.7 Å². The van der Waals surface area contributed by atoms with Crippen LogP contribution in [0, 0.1) is 17.3 Å². The third-order valence-electron chi connectivity index (χ3n) is 3.87. The van der Waals surface area contributed by atoms with Crippen LogP contribution >= 0.6 is 0 Å². The van der Waals surface area contributed by atoms with Crippen molar-refractivity contribution < 1.29 is 0 Å². The number of hydrogen-bond acceptors (Lipinski definition) is 0. The Morgan fingerprint density at radius 3 is 2.33 bits per heavy atom. The summed E-state index contributed by atoms with van der Waals surface area (Å²) >= 11 is 0. The van der Waals surface area contributed by atoms with E-state index in [1.807, 2.05) is 0 Å². The highest BCUT2D eigenvalue weighted by Gasteiger charge is 2.41. The Kier molecular flexibility index (Phi) is 3.20. The van der Waals surface area contributed by atoms with Crippen LogP contribution in [-0.2, 0) is 0 Å². The summed E-state index contributed by atoms with van der Waals surface area (Å²) in [7, 11) is 0. The molecule has 12 heavy (non-hydrogen) atoms. The molecular weight excluding hydrogens is 144 g/mol. The molecule has 0 spiro atoms. The molecule has 0 heteroatoms. The first-order valence-electron chi connectivity index (χ1n) is 5.58. The molecule has 1 saturated carbocycles. The molecule has 1 rings (SSSR count). The average molecular weight is 168 g/mol. The lowest BCUT2D eigenvalue weighted by Crippen LogP contribution is -2.38. The zero-order valence-electron chi connectivity index (χ0n) is 9.19. The van der Waals surface area contributed by atoms with Gasteiger partial charge in [0.25, 0.3) is 0 Å². The Labute approximate surface area is 77.7 Å². The van der Waals surface area contributed by atoms with Crippen LogP contribution in [0.4, 0.5) is 0 Å². The van der Waals surface area contributed by atoms with Gasteiger partial charge in [0.1, 0.15) is 0 Å². The average Bonchev–Trinajstić information content (AvgIpc) is 1.95. The van der Waals surface area contributed by atoms with Crippen LogP contribution < -0.4 is 0 Å². The Morgan fingerprint density at radius 1 is 1.33 bits per heavy atom. The van der Waals surface area contributed by atoms with Crippen molar-refractivity contribution in [2.75, 3.05) is 0 Å². The van der Waals surface area contributed by atoms with Crippen molar-refractivity contribution in [3.63, 3.8) is 0 Å². The second kappa shape index (κ2) is 3.81.